The highest BCUT2D eigenvalue weighted by Gasteiger charge is 2.00. The molecule has 0 radical (unpaired) electrons. The molecular formula is C17H24O3. The van der Waals surface area contributed by atoms with Crippen LogP contribution in [-0.2, 0) is 4.79 Å². The molecule has 110 valence electrons. The highest BCUT2D eigenvalue weighted by atomic mass is 16.5. The lowest BCUT2D eigenvalue weighted by molar-refractivity contribution is -0.137. The van der Waals surface area contributed by atoms with Gasteiger partial charge in [0.2, 0.25) is 0 Å². The maximum absolute atomic E-state index is 10.4. The molecule has 0 spiro atoms. The van der Waals surface area contributed by atoms with E-state index in [1.807, 2.05) is 43.3 Å². The fraction of sp³-hybridized carbons (Fsp3) is 0.471. The summed E-state index contributed by atoms with van der Waals surface area (Å²) in [5.41, 5.74) is 1.11. The van der Waals surface area contributed by atoms with E-state index in [4.69, 9.17) is 9.84 Å². The molecule has 0 aromatic heterocycles. The van der Waals surface area contributed by atoms with E-state index < -0.39 is 5.97 Å². The molecule has 0 saturated heterocycles. The van der Waals surface area contributed by atoms with E-state index in [2.05, 4.69) is 0 Å². The quantitative estimate of drug-likeness (QED) is 0.639. The molecule has 1 aromatic carbocycles. The molecule has 0 unspecified atom stereocenters. The second kappa shape index (κ2) is 10.1. The summed E-state index contributed by atoms with van der Waals surface area (Å²) in [5.74, 6) is 0.227. The molecule has 0 aliphatic carbocycles. The lowest BCUT2D eigenvalue weighted by Gasteiger charge is -2.09. The average molecular weight is 276 g/mol. The summed E-state index contributed by atoms with van der Waals surface area (Å²) < 4.78 is 5.79. The first kappa shape index (κ1) is 16.3. The second-order valence-corrected chi connectivity index (χ2v) is 4.80. The minimum atomic E-state index is -0.700. The molecule has 0 saturated carbocycles. The minimum Gasteiger partial charge on any atom is -0.493 e. The number of carboxylic acid groups (broad SMARTS) is 1. The number of benzene rings is 1. The van der Waals surface area contributed by atoms with Crippen LogP contribution in [0.1, 0.15) is 51.0 Å². The second-order valence-electron chi connectivity index (χ2n) is 4.80. The van der Waals surface area contributed by atoms with E-state index in [0.29, 0.717) is 6.61 Å². The minimum absolute atomic E-state index is 0.285. The SMILES string of the molecule is C/C=C/c1ccccc1OCCCCCCCC(=O)O. The number of hydrogen-bond acceptors (Lipinski definition) is 2. The van der Waals surface area contributed by atoms with Crippen molar-refractivity contribution in [2.45, 2.75) is 45.4 Å². The van der Waals surface area contributed by atoms with E-state index >= 15 is 0 Å². The van der Waals surface area contributed by atoms with Gasteiger partial charge in [0.25, 0.3) is 0 Å². The summed E-state index contributed by atoms with van der Waals surface area (Å²) in [7, 11) is 0. The van der Waals surface area contributed by atoms with Crippen molar-refractivity contribution in [1.29, 1.82) is 0 Å². The van der Waals surface area contributed by atoms with E-state index in [-0.39, 0.29) is 6.42 Å². The van der Waals surface area contributed by atoms with Crippen LogP contribution in [0.15, 0.2) is 30.3 Å². The topological polar surface area (TPSA) is 46.5 Å². The first-order valence-electron chi connectivity index (χ1n) is 7.30. The maximum atomic E-state index is 10.4. The van der Waals surface area contributed by atoms with Gasteiger partial charge < -0.3 is 9.84 Å². The van der Waals surface area contributed by atoms with Crippen LogP contribution >= 0.6 is 0 Å². The lowest BCUT2D eigenvalue weighted by atomic mass is 10.1. The van der Waals surface area contributed by atoms with Gasteiger partial charge in [-0.1, -0.05) is 49.6 Å². The van der Waals surface area contributed by atoms with E-state index in [1.54, 1.807) is 0 Å². The Balaban J connectivity index is 2.14. The summed E-state index contributed by atoms with van der Waals surface area (Å²) in [6.45, 7) is 2.71. The summed E-state index contributed by atoms with van der Waals surface area (Å²) in [6, 6.07) is 8.02. The lowest BCUT2D eigenvalue weighted by Crippen LogP contribution is -1.99. The number of unbranched alkanes of at least 4 members (excludes halogenated alkanes) is 4. The molecule has 0 amide bonds. The number of carboxylic acids is 1. The Labute approximate surface area is 121 Å². The van der Waals surface area contributed by atoms with Crippen molar-refractivity contribution in [3.63, 3.8) is 0 Å². The van der Waals surface area contributed by atoms with Gasteiger partial charge in [0.1, 0.15) is 5.75 Å². The normalized spacial score (nSPS) is 10.8. The number of allylic oxidation sites excluding steroid dienone is 1. The predicted molar refractivity (Wildman–Crippen MR) is 82.0 cm³/mol. The average Bonchev–Trinajstić information content (AvgIpc) is 2.43. The molecular weight excluding hydrogens is 252 g/mol. The van der Waals surface area contributed by atoms with Crippen LogP contribution in [0.2, 0.25) is 0 Å². The van der Waals surface area contributed by atoms with Gasteiger partial charge in [-0.3, -0.25) is 4.79 Å². The van der Waals surface area contributed by atoms with E-state index in [0.717, 1.165) is 43.4 Å². The largest absolute Gasteiger partial charge is 0.493 e. The molecule has 1 N–H and O–H groups in total. The van der Waals surface area contributed by atoms with Gasteiger partial charge in [0, 0.05) is 12.0 Å². The van der Waals surface area contributed by atoms with Crippen molar-refractivity contribution in [3.05, 3.63) is 35.9 Å². The van der Waals surface area contributed by atoms with Crippen LogP contribution < -0.4 is 4.74 Å². The molecule has 0 bridgehead atoms. The number of para-hydroxylation sites is 1. The zero-order valence-electron chi connectivity index (χ0n) is 12.2. The Morgan fingerprint density at radius 3 is 2.60 bits per heavy atom. The molecule has 0 heterocycles. The van der Waals surface area contributed by atoms with Gasteiger partial charge in [-0.25, -0.2) is 0 Å². The van der Waals surface area contributed by atoms with E-state index in [9.17, 15) is 4.79 Å². The third kappa shape index (κ3) is 6.98. The Kier molecular flexibility index (Phi) is 8.20. The van der Waals surface area contributed by atoms with Gasteiger partial charge in [-0.2, -0.15) is 0 Å². The number of hydrogen-bond donors (Lipinski definition) is 1. The fourth-order valence-electron chi connectivity index (χ4n) is 2.02. The van der Waals surface area contributed by atoms with Crippen molar-refractivity contribution in [2.75, 3.05) is 6.61 Å². The maximum Gasteiger partial charge on any atom is 0.303 e. The van der Waals surface area contributed by atoms with Crippen LogP contribution in [0, 0.1) is 0 Å². The highest BCUT2D eigenvalue weighted by Crippen LogP contribution is 2.19. The van der Waals surface area contributed by atoms with Crippen molar-refractivity contribution < 1.29 is 14.6 Å². The van der Waals surface area contributed by atoms with E-state index in [1.165, 1.54) is 0 Å². The first-order valence-corrected chi connectivity index (χ1v) is 7.30. The molecule has 0 atom stereocenters. The Hall–Kier alpha value is -1.77. The van der Waals surface area contributed by atoms with Gasteiger partial charge >= 0.3 is 5.97 Å². The highest BCUT2D eigenvalue weighted by molar-refractivity contribution is 5.66. The van der Waals surface area contributed by atoms with Crippen molar-refractivity contribution in [3.8, 4) is 5.75 Å². The zero-order chi connectivity index (χ0) is 14.6. The fourth-order valence-corrected chi connectivity index (χ4v) is 2.02. The monoisotopic (exact) mass is 276 g/mol. The summed E-state index contributed by atoms with van der Waals surface area (Å²) in [5, 5.41) is 8.52. The smallest absolute Gasteiger partial charge is 0.303 e. The molecule has 1 rings (SSSR count). The molecule has 3 heteroatoms. The van der Waals surface area contributed by atoms with Gasteiger partial charge in [-0.15, -0.1) is 0 Å². The summed E-state index contributed by atoms with van der Waals surface area (Å²) >= 11 is 0. The van der Waals surface area contributed by atoms with Gasteiger partial charge in [0.05, 0.1) is 6.61 Å². The third-order valence-corrected chi connectivity index (χ3v) is 3.06. The molecule has 1 aromatic rings. The van der Waals surface area contributed by atoms with Crippen LogP contribution in [0.25, 0.3) is 6.08 Å². The number of rotatable bonds is 10. The molecule has 0 fully saturated rings. The molecule has 3 nitrogen and oxygen atoms in total. The van der Waals surface area contributed by atoms with Crippen molar-refractivity contribution in [2.24, 2.45) is 0 Å². The third-order valence-electron chi connectivity index (χ3n) is 3.06. The first-order chi connectivity index (χ1) is 9.74. The van der Waals surface area contributed by atoms with Gasteiger partial charge in [-0.05, 0) is 25.8 Å². The Bertz CT molecular complexity index is 424. The molecule has 0 aliphatic heterocycles. The molecule has 0 aliphatic rings. The van der Waals surface area contributed by atoms with Crippen LogP contribution in [0.4, 0.5) is 0 Å². The number of ether oxygens (including phenoxy) is 1. The Morgan fingerprint density at radius 2 is 1.85 bits per heavy atom. The van der Waals surface area contributed by atoms with Gasteiger partial charge in [0.15, 0.2) is 0 Å². The van der Waals surface area contributed by atoms with Crippen molar-refractivity contribution in [1.82, 2.24) is 0 Å². The molecule has 20 heavy (non-hydrogen) atoms. The standard InChI is InChI=1S/C17H24O3/c1-2-10-15-11-7-8-12-16(15)20-14-9-5-3-4-6-13-17(18)19/h2,7-8,10-12H,3-6,9,13-14H2,1H3,(H,18,19)/b10-2+. The Morgan fingerprint density at radius 1 is 1.15 bits per heavy atom. The zero-order valence-corrected chi connectivity index (χ0v) is 12.2. The predicted octanol–water partition coefficient (Wildman–Crippen LogP) is 4.52. The van der Waals surface area contributed by atoms with Crippen LogP contribution in [0.3, 0.4) is 0 Å². The summed E-state index contributed by atoms with van der Waals surface area (Å²) in [4.78, 5) is 10.4. The number of aliphatic carboxylic acids is 1. The summed E-state index contributed by atoms with van der Waals surface area (Å²) in [6.07, 6.45) is 9.27. The number of carbonyl (C=O) groups is 1. The van der Waals surface area contributed by atoms with Crippen LogP contribution in [-0.4, -0.2) is 17.7 Å². The van der Waals surface area contributed by atoms with Crippen molar-refractivity contribution >= 4 is 12.0 Å². The van der Waals surface area contributed by atoms with Crippen LogP contribution in [0.5, 0.6) is 5.75 Å².